The zero-order valence-electron chi connectivity index (χ0n) is 21.8. The highest BCUT2D eigenvalue weighted by molar-refractivity contribution is 7.98. The molecule has 0 saturated carbocycles. The summed E-state index contributed by atoms with van der Waals surface area (Å²) < 4.78 is 30.6. The second-order valence-electron chi connectivity index (χ2n) is 9.77. The van der Waals surface area contributed by atoms with Gasteiger partial charge >= 0.3 is 13.7 Å². The topological polar surface area (TPSA) is 85.3 Å². The van der Waals surface area contributed by atoms with Crippen LogP contribution in [0.1, 0.15) is 72.0 Å². The average molecular weight is 550 g/mol. The van der Waals surface area contributed by atoms with Crippen molar-refractivity contribution < 1.29 is 28.3 Å². The highest BCUT2D eigenvalue weighted by Gasteiger charge is 2.41. The molecule has 1 amide bonds. The fraction of sp³-hybridized carbons (Fsp3) is 0.720. The smallest absolute Gasteiger partial charge is 0.410 e. The third kappa shape index (κ3) is 8.94. The standard InChI is InChI=1S/C25H41ClNO6PS/c1-7-31-34(30,32-8-2)21(23(28)19-10-12-22(35-6)20(26)17-19)11-9-18-13-15-27(16-14-18)24(29)33-25(3,4)5/h10,12,17-18,21,23,28H,7-9,11,13-16H2,1-6H3. The van der Waals surface area contributed by atoms with Gasteiger partial charge in [-0.3, -0.25) is 4.57 Å². The van der Waals surface area contributed by atoms with E-state index in [0.29, 0.717) is 36.0 Å². The Kier molecular flexibility index (Phi) is 11.9. The maximum Gasteiger partial charge on any atom is 0.410 e. The van der Waals surface area contributed by atoms with Gasteiger partial charge in [0, 0.05) is 18.0 Å². The highest BCUT2D eigenvalue weighted by Crippen LogP contribution is 2.59. The molecule has 1 aromatic rings. The van der Waals surface area contributed by atoms with Crippen molar-refractivity contribution in [1.29, 1.82) is 0 Å². The van der Waals surface area contributed by atoms with Gasteiger partial charge in [0.1, 0.15) is 5.60 Å². The molecule has 7 nitrogen and oxygen atoms in total. The Balaban J connectivity index is 2.13. The van der Waals surface area contributed by atoms with Gasteiger partial charge in [0.2, 0.25) is 0 Å². The molecule has 1 fully saturated rings. The van der Waals surface area contributed by atoms with Crippen molar-refractivity contribution in [3.63, 3.8) is 0 Å². The molecule has 200 valence electrons. The first kappa shape index (κ1) is 30.5. The lowest BCUT2D eigenvalue weighted by Gasteiger charge is -2.35. The molecule has 1 N–H and O–H groups in total. The molecule has 2 unspecified atom stereocenters. The van der Waals surface area contributed by atoms with Gasteiger partial charge in [0.25, 0.3) is 0 Å². The van der Waals surface area contributed by atoms with Crippen molar-refractivity contribution in [1.82, 2.24) is 4.90 Å². The van der Waals surface area contributed by atoms with E-state index in [1.807, 2.05) is 39.2 Å². The number of rotatable bonds is 11. The van der Waals surface area contributed by atoms with Crippen LogP contribution in [0.2, 0.25) is 5.02 Å². The Morgan fingerprint density at radius 1 is 1.23 bits per heavy atom. The van der Waals surface area contributed by atoms with Crippen LogP contribution < -0.4 is 0 Å². The number of hydrogen-bond acceptors (Lipinski definition) is 7. The van der Waals surface area contributed by atoms with Crippen LogP contribution >= 0.6 is 31.0 Å². The van der Waals surface area contributed by atoms with Crippen LogP contribution in [0.4, 0.5) is 4.79 Å². The van der Waals surface area contributed by atoms with Gasteiger partial charge in [-0.1, -0.05) is 17.7 Å². The zero-order chi connectivity index (χ0) is 26.2. The van der Waals surface area contributed by atoms with E-state index in [2.05, 4.69) is 0 Å². The normalized spacial score (nSPS) is 17.3. The van der Waals surface area contributed by atoms with E-state index in [1.165, 1.54) is 11.8 Å². The monoisotopic (exact) mass is 549 g/mol. The molecular weight excluding hydrogens is 509 g/mol. The highest BCUT2D eigenvalue weighted by atomic mass is 35.5. The fourth-order valence-electron chi connectivity index (χ4n) is 4.30. The number of carbonyl (C=O) groups is 1. The van der Waals surface area contributed by atoms with E-state index >= 15 is 0 Å². The molecule has 2 rings (SSSR count). The number of piperidine rings is 1. The largest absolute Gasteiger partial charge is 0.444 e. The summed E-state index contributed by atoms with van der Waals surface area (Å²) in [6.07, 6.45) is 3.46. The molecule has 1 aromatic carbocycles. The van der Waals surface area contributed by atoms with Crippen molar-refractivity contribution in [2.45, 2.75) is 82.6 Å². The minimum Gasteiger partial charge on any atom is -0.444 e. The minimum absolute atomic E-state index is 0.223. The van der Waals surface area contributed by atoms with Crippen LogP contribution in [-0.2, 0) is 18.3 Å². The lowest BCUT2D eigenvalue weighted by molar-refractivity contribution is 0.0179. The average Bonchev–Trinajstić information content (AvgIpc) is 2.78. The molecule has 0 spiro atoms. The van der Waals surface area contributed by atoms with Crippen LogP contribution in [0.5, 0.6) is 0 Å². The van der Waals surface area contributed by atoms with E-state index in [9.17, 15) is 14.5 Å². The Morgan fingerprint density at radius 3 is 2.31 bits per heavy atom. The van der Waals surface area contributed by atoms with E-state index < -0.39 is 25.0 Å². The van der Waals surface area contributed by atoms with E-state index in [0.717, 1.165) is 24.2 Å². The van der Waals surface area contributed by atoms with E-state index in [4.69, 9.17) is 25.4 Å². The summed E-state index contributed by atoms with van der Waals surface area (Å²) in [5, 5.41) is 11.9. The first-order chi connectivity index (χ1) is 16.4. The molecule has 35 heavy (non-hydrogen) atoms. The van der Waals surface area contributed by atoms with Crippen LogP contribution in [0.15, 0.2) is 23.1 Å². The number of thioether (sulfide) groups is 1. The second kappa shape index (κ2) is 13.7. The van der Waals surface area contributed by atoms with Gasteiger partial charge in [0.15, 0.2) is 0 Å². The molecule has 1 heterocycles. The molecule has 0 radical (unpaired) electrons. The Bertz CT molecular complexity index is 862. The molecule has 1 aliphatic rings. The maximum absolute atomic E-state index is 13.8. The summed E-state index contributed by atoms with van der Waals surface area (Å²) in [5.74, 6) is 0.336. The second-order valence-corrected chi connectivity index (χ2v) is 13.3. The van der Waals surface area contributed by atoms with Crippen LogP contribution in [-0.4, -0.2) is 59.9 Å². The quantitative estimate of drug-likeness (QED) is 0.231. The molecule has 0 aliphatic carbocycles. The third-order valence-corrected chi connectivity index (χ3v) is 9.85. The first-order valence-corrected chi connectivity index (χ1v) is 15.5. The minimum atomic E-state index is -3.59. The Morgan fingerprint density at radius 2 is 1.83 bits per heavy atom. The number of amides is 1. The summed E-state index contributed by atoms with van der Waals surface area (Å²) in [5.41, 5.74) is -0.645. The summed E-state index contributed by atoms with van der Waals surface area (Å²) in [6.45, 7) is 10.8. The van der Waals surface area contributed by atoms with Crippen LogP contribution in [0, 0.1) is 5.92 Å². The van der Waals surface area contributed by atoms with Gasteiger partial charge < -0.3 is 23.8 Å². The predicted molar refractivity (Wildman–Crippen MR) is 143 cm³/mol. The summed E-state index contributed by atoms with van der Waals surface area (Å²) in [6, 6.07) is 5.41. The number of aliphatic hydroxyl groups is 1. The number of halogens is 1. The molecule has 1 saturated heterocycles. The van der Waals surface area contributed by atoms with Gasteiger partial charge in [-0.2, -0.15) is 0 Å². The van der Waals surface area contributed by atoms with E-state index in [-0.39, 0.29) is 19.3 Å². The first-order valence-electron chi connectivity index (χ1n) is 12.3. The van der Waals surface area contributed by atoms with Crippen molar-refractivity contribution in [2.24, 2.45) is 5.92 Å². The van der Waals surface area contributed by atoms with Gasteiger partial charge in [-0.25, -0.2) is 4.79 Å². The number of benzene rings is 1. The zero-order valence-corrected chi connectivity index (χ0v) is 24.3. The number of nitrogens with zero attached hydrogens (tertiary/aromatic N) is 1. The lowest BCUT2D eigenvalue weighted by Crippen LogP contribution is -2.41. The molecule has 2 atom stereocenters. The number of ether oxygens (including phenoxy) is 1. The number of hydrogen-bond donors (Lipinski definition) is 1. The predicted octanol–water partition coefficient (Wildman–Crippen LogP) is 7.16. The van der Waals surface area contributed by atoms with Crippen molar-refractivity contribution in [3.8, 4) is 0 Å². The molecule has 1 aliphatic heterocycles. The number of aliphatic hydroxyl groups excluding tert-OH is 1. The van der Waals surface area contributed by atoms with Crippen molar-refractivity contribution in [2.75, 3.05) is 32.6 Å². The van der Waals surface area contributed by atoms with Gasteiger partial charge in [0.05, 0.1) is 30.0 Å². The van der Waals surface area contributed by atoms with Crippen LogP contribution in [0.3, 0.4) is 0 Å². The Labute approximate surface area is 219 Å². The lowest BCUT2D eigenvalue weighted by atomic mass is 9.90. The molecule has 0 bridgehead atoms. The fourth-order valence-corrected chi connectivity index (χ4v) is 7.34. The van der Waals surface area contributed by atoms with Crippen LogP contribution in [0.25, 0.3) is 0 Å². The van der Waals surface area contributed by atoms with E-state index in [1.54, 1.807) is 24.8 Å². The van der Waals surface area contributed by atoms with Crippen molar-refractivity contribution in [3.05, 3.63) is 28.8 Å². The SMILES string of the molecule is CCOP(=O)(OCC)C(CCC1CCN(C(=O)OC(C)(C)C)CC1)C(O)c1ccc(SC)c(Cl)c1. The maximum atomic E-state index is 13.8. The van der Waals surface area contributed by atoms with Gasteiger partial charge in [-0.15, -0.1) is 11.8 Å². The summed E-state index contributed by atoms with van der Waals surface area (Å²) >= 11 is 7.91. The number of carbonyl (C=O) groups excluding carboxylic acids is 1. The molecule has 0 aromatic heterocycles. The Hall–Kier alpha value is -0.760. The van der Waals surface area contributed by atoms with Crippen molar-refractivity contribution >= 4 is 37.1 Å². The summed E-state index contributed by atoms with van der Waals surface area (Å²) in [7, 11) is -3.59. The summed E-state index contributed by atoms with van der Waals surface area (Å²) in [4.78, 5) is 15.0. The molecular formula is C25H41ClNO6PS. The number of likely N-dealkylation sites (tertiary alicyclic amines) is 1. The third-order valence-electron chi connectivity index (χ3n) is 6.04. The molecule has 10 heteroatoms. The van der Waals surface area contributed by atoms with Gasteiger partial charge in [-0.05, 0) is 90.2 Å².